The van der Waals surface area contributed by atoms with Crippen LogP contribution in [-0.4, -0.2) is 26.0 Å². The van der Waals surface area contributed by atoms with Gasteiger partial charge in [-0.25, -0.2) is 17.5 Å². The summed E-state index contributed by atoms with van der Waals surface area (Å²) in [5, 5.41) is 0.633. The number of benzene rings is 1. The predicted octanol–water partition coefficient (Wildman–Crippen LogP) is 3.54. The molecule has 0 atom stereocenters. The van der Waals surface area contributed by atoms with E-state index in [0.717, 1.165) is 31.7 Å². The van der Waals surface area contributed by atoms with Gasteiger partial charge in [-0.2, -0.15) is 11.8 Å². The van der Waals surface area contributed by atoms with Gasteiger partial charge in [-0.15, -0.1) is 0 Å². The lowest BCUT2D eigenvalue weighted by atomic mass is 9.96. The molecule has 0 aromatic heterocycles. The number of hydrogen-bond donors (Lipinski definition) is 1. The van der Waals surface area contributed by atoms with Crippen molar-refractivity contribution in [3.05, 3.63) is 28.5 Å². The number of sulfonamides is 1. The first-order valence-electron chi connectivity index (χ1n) is 6.42. The normalized spacial score (nSPS) is 23.8. The molecule has 0 aliphatic heterocycles. The molecule has 2 rings (SSSR count). The standard InChI is InChI=1S/C13H17BrFNO2S2/c1-19-11-5-3-10(4-6-11)16-20(17,18)13-7-2-9(15)8-12(13)14/h2,7-8,10-11,16H,3-6H2,1H3. The maximum atomic E-state index is 13.0. The highest BCUT2D eigenvalue weighted by Gasteiger charge is 2.26. The zero-order valence-electron chi connectivity index (χ0n) is 11.1. The van der Waals surface area contributed by atoms with Crippen LogP contribution in [-0.2, 0) is 10.0 Å². The van der Waals surface area contributed by atoms with Gasteiger partial charge < -0.3 is 0 Å². The van der Waals surface area contributed by atoms with Gasteiger partial charge in [-0.1, -0.05) is 0 Å². The molecule has 0 bridgehead atoms. The van der Waals surface area contributed by atoms with Gasteiger partial charge >= 0.3 is 0 Å². The van der Waals surface area contributed by atoms with Gasteiger partial charge in [0.1, 0.15) is 5.82 Å². The molecule has 1 saturated carbocycles. The summed E-state index contributed by atoms with van der Waals surface area (Å²) >= 11 is 4.95. The number of halogens is 2. The molecule has 0 spiro atoms. The first-order valence-corrected chi connectivity index (χ1v) is 9.99. The third kappa shape index (κ3) is 3.96. The van der Waals surface area contributed by atoms with Crippen LogP contribution >= 0.6 is 27.7 Å². The maximum absolute atomic E-state index is 13.0. The summed E-state index contributed by atoms with van der Waals surface area (Å²) in [7, 11) is -3.60. The monoisotopic (exact) mass is 381 g/mol. The third-order valence-electron chi connectivity index (χ3n) is 3.51. The average Bonchev–Trinajstić information content (AvgIpc) is 2.38. The zero-order chi connectivity index (χ0) is 14.8. The highest BCUT2D eigenvalue weighted by Crippen LogP contribution is 2.29. The first kappa shape index (κ1) is 16.3. The fraction of sp³-hybridized carbons (Fsp3) is 0.538. The van der Waals surface area contributed by atoms with E-state index in [2.05, 4.69) is 26.9 Å². The minimum atomic E-state index is -3.60. The Morgan fingerprint density at radius 3 is 2.50 bits per heavy atom. The van der Waals surface area contributed by atoms with Gasteiger partial charge in [0, 0.05) is 15.8 Å². The Labute approximate surface area is 131 Å². The minimum absolute atomic E-state index is 0.0275. The summed E-state index contributed by atoms with van der Waals surface area (Å²) in [6, 6.07) is 3.58. The summed E-state index contributed by atoms with van der Waals surface area (Å²) in [5.74, 6) is -0.462. The predicted molar refractivity (Wildman–Crippen MR) is 84.0 cm³/mol. The van der Waals surface area contributed by atoms with Crippen LogP contribution < -0.4 is 4.72 Å². The Morgan fingerprint density at radius 2 is 1.95 bits per heavy atom. The summed E-state index contributed by atoms with van der Waals surface area (Å²) in [6.07, 6.45) is 5.84. The van der Waals surface area contributed by atoms with Crippen molar-refractivity contribution in [3.8, 4) is 0 Å². The highest BCUT2D eigenvalue weighted by molar-refractivity contribution is 9.10. The van der Waals surface area contributed by atoms with Gasteiger partial charge in [0.25, 0.3) is 0 Å². The van der Waals surface area contributed by atoms with Crippen molar-refractivity contribution < 1.29 is 12.8 Å². The summed E-state index contributed by atoms with van der Waals surface area (Å²) < 4.78 is 40.6. The van der Waals surface area contributed by atoms with Crippen LogP contribution in [0.15, 0.2) is 27.6 Å². The van der Waals surface area contributed by atoms with Gasteiger partial charge in [-0.3, -0.25) is 0 Å². The molecule has 3 nitrogen and oxygen atoms in total. The van der Waals surface area contributed by atoms with Gasteiger partial charge in [0.15, 0.2) is 0 Å². The molecule has 0 heterocycles. The van der Waals surface area contributed by atoms with Crippen molar-refractivity contribution in [2.45, 2.75) is 41.9 Å². The third-order valence-corrected chi connectivity index (χ3v) is 7.15. The van der Waals surface area contributed by atoms with E-state index < -0.39 is 15.8 Å². The van der Waals surface area contributed by atoms with E-state index >= 15 is 0 Å². The number of hydrogen-bond acceptors (Lipinski definition) is 3. The van der Waals surface area contributed by atoms with E-state index in [9.17, 15) is 12.8 Å². The zero-order valence-corrected chi connectivity index (χ0v) is 14.3. The van der Waals surface area contributed by atoms with Crippen LogP contribution in [0.4, 0.5) is 4.39 Å². The van der Waals surface area contributed by atoms with Crippen LogP contribution in [0.3, 0.4) is 0 Å². The van der Waals surface area contributed by atoms with Crippen molar-refractivity contribution in [1.82, 2.24) is 4.72 Å². The van der Waals surface area contributed by atoms with Crippen LogP contribution in [0.5, 0.6) is 0 Å². The molecule has 1 aromatic rings. The van der Waals surface area contributed by atoms with E-state index in [1.54, 1.807) is 0 Å². The highest BCUT2D eigenvalue weighted by atomic mass is 79.9. The quantitative estimate of drug-likeness (QED) is 0.867. The second-order valence-electron chi connectivity index (χ2n) is 4.91. The minimum Gasteiger partial charge on any atom is -0.208 e. The maximum Gasteiger partial charge on any atom is 0.241 e. The molecular weight excluding hydrogens is 365 g/mol. The lowest BCUT2D eigenvalue weighted by Gasteiger charge is -2.27. The van der Waals surface area contributed by atoms with Crippen LogP contribution in [0.25, 0.3) is 0 Å². The molecule has 112 valence electrons. The molecule has 1 fully saturated rings. The molecular formula is C13H17BrFNO2S2. The van der Waals surface area contributed by atoms with E-state index in [0.29, 0.717) is 5.25 Å². The molecule has 0 amide bonds. The van der Waals surface area contributed by atoms with E-state index in [-0.39, 0.29) is 15.4 Å². The SMILES string of the molecule is CSC1CCC(NS(=O)(=O)c2ccc(F)cc2Br)CC1. The lowest BCUT2D eigenvalue weighted by Crippen LogP contribution is -2.38. The van der Waals surface area contributed by atoms with Gasteiger partial charge in [0.2, 0.25) is 10.0 Å². The summed E-state index contributed by atoms with van der Waals surface area (Å²) in [5.41, 5.74) is 0. The molecule has 20 heavy (non-hydrogen) atoms. The number of nitrogens with one attached hydrogen (secondary N) is 1. The second-order valence-corrected chi connectivity index (χ2v) is 8.58. The van der Waals surface area contributed by atoms with Crippen LogP contribution in [0.1, 0.15) is 25.7 Å². The molecule has 0 saturated heterocycles. The van der Waals surface area contributed by atoms with Crippen molar-refractivity contribution >= 4 is 37.7 Å². The summed E-state index contributed by atoms with van der Waals surface area (Å²) in [6.45, 7) is 0. The Kier molecular flexibility index (Phi) is 5.50. The van der Waals surface area contributed by atoms with Crippen molar-refractivity contribution in [2.75, 3.05) is 6.26 Å². The van der Waals surface area contributed by atoms with Crippen molar-refractivity contribution in [3.63, 3.8) is 0 Å². The Balaban J connectivity index is 2.08. The number of rotatable bonds is 4. The fourth-order valence-electron chi connectivity index (χ4n) is 2.39. The van der Waals surface area contributed by atoms with Gasteiger partial charge in [-0.05, 0) is 66.1 Å². The molecule has 1 aliphatic carbocycles. The van der Waals surface area contributed by atoms with E-state index in [1.165, 1.54) is 12.1 Å². The molecule has 0 radical (unpaired) electrons. The van der Waals surface area contributed by atoms with Crippen LogP contribution in [0, 0.1) is 5.82 Å². The Bertz CT molecular complexity index is 572. The number of thioether (sulfide) groups is 1. The Morgan fingerprint density at radius 1 is 1.30 bits per heavy atom. The van der Waals surface area contributed by atoms with Crippen molar-refractivity contribution in [2.24, 2.45) is 0 Å². The molecule has 0 unspecified atom stereocenters. The summed E-state index contributed by atoms with van der Waals surface area (Å²) in [4.78, 5) is 0.0888. The topological polar surface area (TPSA) is 46.2 Å². The average molecular weight is 382 g/mol. The molecule has 1 N–H and O–H groups in total. The lowest BCUT2D eigenvalue weighted by molar-refractivity contribution is 0.420. The molecule has 1 aromatic carbocycles. The largest absolute Gasteiger partial charge is 0.241 e. The first-order chi connectivity index (χ1) is 9.42. The Hall–Kier alpha value is -0.110. The van der Waals surface area contributed by atoms with E-state index in [4.69, 9.17) is 0 Å². The second kappa shape index (κ2) is 6.77. The molecule has 7 heteroatoms. The van der Waals surface area contributed by atoms with Crippen LogP contribution in [0.2, 0.25) is 0 Å². The van der Waals surface area contributed by atoms with Gasteiger partial charge in [0.05, 0.1) is 4.90 Å². The van der Waals surface area contributed by atoms with Crippen molar-refractivity contribution in [1.29, 1.82) is 0 Å². The molecule has 1 aliphatic rings. The fourth-order valence-corrected chi connectivity index (χ4v) is 5.49. The smallest absolute Gasteiger partial charge is 0.208 e. The van der Waals surface area contributed by atoms with E-state index in [1.807, 2.05) is 11.8 Å².